The molecule has 0 bridgehead atoms. The van der Waals surface area contributed by atoms with Gasteiger partial charge < -0.3 is 9.63 Å². The van der Waals surface area contributed by atoms with Gasteiger partial charge in [0.15, 0.2) is 5.82 Å². The van der Waals surface area contributed by atoms with E-state index in [1.54, 1.807) is 6.92 Å². The van der Waals surface area contributed by atoms with E-state index in [1.807, 2.05) is 20.8 Å². The highest BCUT2D eigenvalue weighted by Crippen LogP contribution is 2.18. The van der Waals surface area contributed by atoms with Gasteiger partial charge in [-0.25, -0.2) is 0 Å². The van der Waals surface area contributed by atoms with Crippen molar-refractivity contribution in [2.45, 2.75) is 45.7 Å². The number of carboxylic acid groups (broad SMARTS) is 1. The van der Waals surface area contributed by atoms with Crippen molar-refractivity contribution in [1.29, 1.82) is 0 Å². The molecule has 0 spiro atoms. The van der Waals surface area contributed by atoms with E-state index in [9.17, 15) is 4.79 Å². The lowest BCUT2D eigenvalue weighted by Crippen LogP contribution is -2.33. The minimum absolute atomic E-state index is 0.167. The van der Waals surface area contributed by atoms with Gasteiger partial charge in [-0.2, -0.15) is 4.98 Å². The first-order valence-corrected chi connectivity index (χ1v) is 5.10. The zero-order valence-corrected chi connectivity index (χ0v) is 9.94. The molecule has 0 aromatic carbocycles. The number of carbonyl (C=O) groups is 1. The van der Waals surface area contributed by atoms with E-state index < -0.39 is 12.0 Å². The maximum Gasteiger partial charge on any atom is 0.320 e. The van der Waals surface area contributed by atoms with Crippen molar-refractivity contribution in [2.24, 2.45) is 0 Å². The Morgan fingerprint density at radius 1 is 1.56 bits per heavy atom. The Kier molecular flexibility index (Phi) is 3.64. The van der Waals surface area contributed by atoms with Crippen LogP contribution in [0.25, 0.3) is 0 Å². The lowest BCUT2D eigenvalue weighted by atomic mass is 9.96. The second-order valence-electron chi connectivity index (χ2n) is 4.70. The van der Waals surface area contributed by atoms with Gasteiger partial charge in [-0.05, 0) is 6.92 Å². The number of aliphatic carboxylic acids is 1. The molecule has 6 heteroatoms. The molecular weight excluding hydrogens is 210 g/mol. The monoisotopic (exact) mass is 227 g/mol. The van der Waals surface area contributed by atoms with Crippen LogP contribution in [0.15, 0.2) is 4.52 Å². The van der Waals surface area contributed by atoms with Crippen LogP contribution in [0, 0.1) is 0 Å². The maximum atomic E-state index is 10.6. The number of hydrogen-bond acceptors (Lipinski definition) is 5. The Labute approximate surface area is 94.0 Å². The molecule has 1 heterocycles. The summed E-state index contributed by atoms with van der Waals surface area (Å²) in [5, 5.41) is 15.3. The van der Waals surface area contributed by atoms with Crippen LogP contribution in [0.2, 0.25) is 0 Å². The third-order valence-corrected chi connectivity index (χ3v) is 2.07. The maximum absolute atomic E-state index is 10.6. The summed E-state index contributed by atoms with van der Waals surface area (Å²) in [5.74, 6) is 0.112. The molecule has 1 rings (SSSR count). The van der Waals surface area contributed by atoms with Crippen molar-refractivity contribution < 1.29 is 14.4 Å². The molecule has 1 atom stereocenters. The molecular formula is C10H17N3O3. The van der Waals surface area contributed by atoms with Crippen LogP contribution in [0.1, 0.15) is 39.4 Å². The summed E-state index contributed by atoms with van der Waals surface area (Å²) in [7, 11) is 0. The third-order valence-electron chi connectivity index (χ3n) is 2.07. The van der Waals surface area contributed by atoms with Crippen LogP contribution < -0.4 is 5.32 Å². The minimum atomic E-state index is -0.907. The molecule has 90 valence electrons. The van der Waals surface area contributed by atoms with E-state index in [0.717, 1.165) is 0 Å². The first kappa shape index (κ1) is 12.6. The second-order valence-corrected chi connectivity index (χ2v) is 4.70. The van der Waals surface area contributed by atoms with Gasteiger partial charge in [0, 0.05) is 5.41 Å². The molecule has 0 unspecified atom stereocenters. The van der Waals surface area contributed by atoms with Gasteiger partial charge in [0.25, 0.3) is 0 Å². The Bertz CT molecular complexity index is 368. The molecule has 2 N–H and O–H groups in total. The summed E-state index contributed by atoms with van der Waals surface area (Å²) in [5.41, 5.74) is -0.167. The van der Waals surface area contributed by atoms with E-state index in [-0.39, 0.29) is 12.0 Å². The van der Waals surface area contributed by atoms with Gasteiger partial charge in [0.2, 0.25) is 5.89 Å². The normalized spacial score (nSPS) is 13.8. The predicted octanol–water partition coefficient (Wildman–Crippen LogP) is 0.930. The molecule has 0 saturated carbocycles. The molecule has 6 nitrogen and oxygen atoms in total. The van der Waals surface area contributed by atoms with Crippen molar-refractivity contribution >= 4 is 5.97 Å². The average Bonchev–Trinajstić information content (AvgIpc) is 2.61. The van der Waals surface area contributed by atoms with Crippen molar-refractivity contribution in [3.63, 3.8) is 0 Å². The van der Waals surface area contributed by atoms with E-state index in [0.29, 0.717) is 11.7 Å². The Balaban J connectivity index is 2.57. The van der Waals surface area contributed by atoms with Crippen LogP contribution in [-0.4, -0.2) is 27.3 Å². The molecule has 16 heavy (non-hydrogen) atoms. The molecule has 0 amide bonds. The summed E-state index contributed by atoms with van der Waals surface area (Å²) in [6, 6.07) is -0.634. The molecule has 1 aromatic rings. The van der Waals surface area contributed by atoms with Crippen molar-refractivity contribution in [3.05, 3.63) is 11.7 Å². The number of carboxylic acids is 1. The SMILES string of the molecule is C[C@@H](NCc1nc(C(C)(C)C)no1)C(=O)O. The van der Waals surface area contributed by atoms with Gasteiger partial charge in [-0.3, -0.25) is 10.1 Å². The molecule has 0 aliphatic carbocycles. The molecule has 0 aliphatic heterocycles. The Hall–Kier alpha value is -1.43. The third kappa shape index (κ3) is 3.30. The number of nitrogens with zero attached hydrogens (tertiary/aromatic N) is 2. The fourth-order valence-corrected chi connectivity index (χ4v) is 0.959. The van der Waals surface area contributed by atoms with Gasteiger partial charge in [-0.15, -0.1) is 0 Å². The number of rotatable bonds is 4. The fourth-order valence-electron chi connectivity index (χ4n) is 0.959. The summed E-state index contributed by atoms with van der Waals surface area (Å²) >= 11 is 0. The average molecular weight is 227 g/mol. The Morgan fingerprint density at radius 2 is 2.19 bits per heavy atom. The molecule has 0 radical (unpaired) electrons. The molecule has 0 saturated heterocycles. The van der Waals surface area contributed by atoms with Crippen molar-refractivity contribution in [2.75, 3.05) is 0 Å². The summed E-state index contributed by atoms with van der Waals surface area (Å²) in [4.78, 5) is 14.7. The minimum Gasteiger partial charge on any atom is -0.480 e. The second kappa shape index (κ2) is 4.61. The van der Waals surface area contributed by atoms with E-state index in [4.69, 9.17) is 9.63 Å². The molecule has 0 aliphatic rings. The summed E-state index contributed by atoms with van der Waals surface area (Å²) in [6.45, 7) is 7.76. The smallest absolute Gasteiger partial charge is 0.320 e. The van der Waals surface area contributed by atoms with Gasteiger partial charge in [0.1, 0.15) is 6.04 Å². The zero-order chi connectivity index (χ0) is 12.3. The number of hydrogen-bond donors (Lipinski definition) is 2. The van der Waals surface area contributed by atoms with Crippen LogP contribution in [0.3, 0.4) is 0 Å². The highest BCUT2D eigenvalue weighted by Gasteiger charge is 2.21. The van der Waals surface area contributed by atoms with E-state index in [1.165, 1.54) is 0 Å². The molecule has 1 aromatic heterocycles. The molecule has 0 fully saturated rings. The largest absolute Gasteiger partial charge is 0.480 e. The van der Waals surface area contributed by atoms with Crippen molar-refractivity contribution in [3.8, 4) is 0 Å². The predicted molar refractivity (Wildman–Crippen MR) is 56.9 cm³/mol. The van der Waals surface area contributed by atoms with Gasteiger partial charge >= 0.3 is 5.97 Å². The van der Waals surface area contributed by atoms with Gasteiger partial charge in [0.05, 0.1) is 6.54 Å². The van der Waals surface area contributed by atoms with Crippen molar-refractivity contribution in [1.82, 2.24) is 15.5 Å². The van der Waals surface area contributed by atoms with Crippen LogP contribution in [0.5, 0.6) is 0 Å². The van der Waals surface area contributed by atoms with Crippen LogP contribution in [0.4, 0.5) is 0 Å². The van der Waals surface area contributed by atoms with E-state index in [2.05, 4.69) is 15.5 Å². The lowest BCUT2D eigenvalue weighted by Gasteiger charge is -2.11. The first-order chi connectivity index (χ1) is 7.30. The number of nitrogens with one attached hydrogen (secondary N) is 1. The number of aromatic nitrogens is 2. The Morgan fingerprint density at radius 3 is 2.62 bits per heavy atom. The summed E-state index contributed by atoms with van der Waals surface area (Å²) in [6.07, 6.45) is 0. The van der Waals surface area contributed by atoms with Crippen LogP contribution in [-0.2, 0) is 16.8 Å². The topological polar surface area (TPSA) is 88.3 Å². The van der Waals surface area contributed by atoms with Crippen LogP contribution >= 0.6 is 0 Å². The quantitative estimate of drug-likeness (QED) is 0.795. The lowest BCUT2D eigenvalue weighted by molar-refractivity contribution is -0.139. The fraction of sp³-hybridized carbons (Fsp3) is 0.700. The highest BCUT2D eigenvalue weighted by molar-refractivity contribution is 5.72. The summed E-state index contributed by atoms with van der Waals surface area (Å²) < 4.78 is 5.00. The van der Waals surface area contributed by atoms with Gasteiger partial charge in [-0.1, -0.05) is 25.9 Å². The zero-order valence-electron chi connectivity index (χ0n) is 9.94. The first-order valence-electron chi connectivity index (χ1n) is 5.10. The standard InChI is InChI=1S/C10H17N3O3/c1-6(8(14)15)11-5-7-12-9(13-16-7)10(2,3)4/h6,11H,5H2,1-4H3,(H,14,15)/t6-/m1/s1. The highest BCUT2D eigenvalue weighted by atomic mass is 16.5. The van der Waals surface area contributed by atoms with E-state index >= 15 is 0 Å².